The first-order valence-corrected chi connectivity index (χ1v) is 4.97. The predicted octanol–water partition coefficient (Wildman–Crippen LogP) is 2.95. The van der Waals surface area contributed by atoms with Gasteiger partial charge in [0.25, 0.3) is 0 Å². The molecule has 0 aliphatic carbocycles. The second kappa shape index (κ2) is 5.02. The number of allylic oxidation sites excluding steroid dienone is 2. The molecule has 0 bridgehead atoms. The van der Waals surface area contributed by atoms with E-state index in [1.807, 2.05) is 0 Å². The van der Waals surface area contributed by atoms with E-state index in [1.54, 1.807) is 5.57 Å². The molecule has 12 heavy (non-hydrogen) atoms. The van der Waals surface area contributed by atoms with Crippen LogP contribution in [0.4, 0.5) is 0 Å². The number of nitrogens with zero attached hydrogens (tertiary/aromatic N) is 1. The third-order valence-corrected chi connectivity index (χ3v) is 2.12. The van der Waals surface area contributed by atoms with Crippen LogP contribution < -0.4 is 0 Å². The molecule has 1 heterocycles. The molecule has 1 aliphatic rings. The lowest BCUT2D eigenvalue weighted by molar-refractivity contribution is 0.396. The van der Waals surface area contributed by atoms with Gasteiger partial charge in [-0.3, -0.25) is 0 Å². The lowest BCUT2D eigenvalue weighted by Crippen LogP contribution is -2.22. The molecule has 0 aromatic rings. The van der Waals surface area contributed by atoms with E-state index in [0.717, 1.165) is 6.54 Å². The van der Waals surface area contributed by atoms with Crippen LogP contribution in [0.5, 0.6) is 0 Å². The van der Waals surface area contributed by atoms with Crippen molar-refractivity contribution in [2.75, 3.05) is 13.1 Å². The Balaban J connectivity index is 2.38. The van der Waals surface area contributed by atoms with Crippen molar-refractivity contribution in [3.8, 4) is 0 Å². The van der Waals surface area contributed by atoms with Gasteiger partial charge in [-0.25, -0.2) is 0 Å². The molecule has 0 atom stereocenters. The van der Waals surface area contributed by atoms with Gasteiger partial charge in [0.05, 0.1) is 0 Å². The van der Waals surface area contributed by atoms with Crippen LogP contribution in [0.3, 0.4) is 0 Å². The van der Waals surface area contributed by atoms with Crippen LogP contribution >= 0.6 is 0 Å². The Morgan fingerprint density at radius 3 is 2.83 bits per heavy atom. The van der Waals surface area contributed by atoms with Crippen molar-refractivity contribution in [2.45, 2.75) is 33.1 Å². The molecule has 0 fully saturated rings. The van der Waals surface area contributed by atoms with E-state index in [0.29, 0.717) is 0 Å². The first kappa shape index (κ1) is 9.37. The summed E-state index contributed by atoms with van der Waals surface area (Å²) in [6, 6.07) is 0. The molecule has 0 amide bonds. The third kappa shape index (κ3) is 2.72. The fraction of sp³-hybridized carbons (Fsp3) is 0.636. The summed E-state index contributed by atoms with van der Waals surface area (Å²) in [4.78, 5) is 2.39. The minimum atomic E-state index is 1.15. The maximum atomic E-state index is 2.39. The van der Waals surface area contributed by atoms with Gasteiger partial charge in [0.1, 0.15) is 0 Å². The molecule has 1 aliphatic heterocycles. The molecule has 1 heteroatoms. The zero-order valence-electron chi connectivity index (χ0n) is 8.21. The summed E-state index contributed by atoms with van der Waals surface area (Å²) in [5.41, 5.74) is 1.58. The van der Waals surface area contributed by atoms with Crippen molar-refractivity contribution in [3.05, 3.63) is 23.9 Å². The van der Waals surface area contributed by atoms with Crippen LogP contribution in [0.15, 0.2) is 23.9 Å². The topological polar surface area (TPSA) is 3.24 Å². The summed E-state index contributed by atoms with van der Waals surface area (Å²) in [7, 11) is 0. The molecule has 0 N–H and O–H groups in total. The molecule has 0 aromatic carbocycles. The van der Waals surface area contributed by atoms with Gasteiger partial charge in [0.15, 0.2) is 0 Å². The van der Waals surface area contributed by atoms with Crippen molar-refractivity contribution in [1.82, 2.24) is 4.90 Å². The molecule has 0 aromatic heterocycles. The largest absolute Gasteiger partial charge is 0.373 e. The number of rotatable bonds is 4. The van der Waals surface area contributed by atoms with Gasteiger partial charge in [-0.05, 0) is 25.1 Å². The smallest absolute Gasteiger partial charge is 0.0386 e. The highest BCUT2D eigenvalue weighted by atomic mass is 15.1. The van der Waals surface area contributed by atoms with Crippen LogP contribution in [0, 0.1) is 0 Å². The van der Waals surface area contributed by atoms with Crippen molar-refractivity contribution in [3.63, 3.8) is 0 Å². The highest BCUT2D eigenvalue weighted by Gasteiger charge is 2.04. The molecule has 0 saturated carbocycles. The average molecular weight is 165 g/mol. The van der Waals surface area contributed by atoms with Crippen LogP contribution in [-0.2, 0) is 0 Å². The summed E-state index contributed by atoms with van der Waals surface area (Å²) in [6.07, 6.45) is 10.4. The van der Waals surface area contributed by atoms with Crippen LogP contribution in [-0.4, -0.2) is 18.0 Å². The molecule has 1 nitrogen and oxygen atoms in total. The van der Waals surface area contributed by atoms with Crippen LogP contribution in [0.1, 0.15) is 33.1 Å². The fourth-order valence-electron chi connectivity index (χ4n) is 1.59. The summed E-state index contributed by atoms with van der Waals surface area (Å²) in [5, 5.41) is 0. The van der Waals surface area contributed by atoms with Crippen molar-refractivity contribution in [2.24, 2.45) is 0 Å². The third-order valence-electron chi connectivity index (χ3n) is 2.12. The summed E-state index contributed by atoms with van der Waals surface area (Å²) in [5.74, 6) is 0. The van der Waals surface area contributed by atoms with Gasteiger partial charge in [-0.1, -0.05) is 31.9 Å². The van der Waals surface area contributed by atoms with Gasteiger partial charge in [0, 0.05) is 13.1 Å². The Labute approximate surface area is 75.8 Å². The monoisotopic (exact) mass is 165 g/mol. The standard InChI is InChI=1S/C11H19N/c1-3-6-11-7-5-9-12(10-11)8-4-2/h5,7,9H,3-4,6,8,10H2,1-2H3. The van der Waals surface area contributed by atoms with Gasteiger partial charge in [-0.15, -0.1) is 0 Å². The lowest BCUT2D eigenvalue weighted by atomic mass is 10.1. The summed E-state index contributed by atoms with van der Waals surface area (Å²) < 4.78 is 0. The SMILES string of the molecule is CCCC1=CC=CN(CCC)C1. The maximum absolute atomic E-state index is 2.39. The Morgan fingerprint density at radius 1 is 1.33 bits per heavy atom. The van der Waals surface area contributed by atoms with Crippen LogP contribution in [0.2, 0.25) is 0 Å². The van der Waals surface area contributed by atoms with E-state index >= 15 is 0 Å². The minimum Gasteiger partial charge on any atom is -0.373 e. The second-order valence-corrected chi connectivity index (χ2v) is 3.39. The molecule has 0 saturated heterocycles. The van der Waals surface area contributed by atoms with E-state index in [-0.39, 0.29) is 0 Å². The molecule has 1 rings (SSSR count). The Bertz CT molecular complexity index is 179. The van der Waals surface area contributed by atoms with Gasteiger partial charge >= 0.3 is 0 Å². The Kier molecular flexibility index (Phi) is 3.92. The molecule has 68 valence electrons. The van der Waals surface area contributed by atoms with Crippen molar-refractivity contribution >= 4 is 0 Å². The first-order chi connectivity index (χ1) is 5.86. The van der Waals surface area contributed by atoms with E-state index in [9.17, 15) is 0 Å². The highest BCUT2D eigenvalue weighted by molar-refractivity contribution is 5.18. The Morgan fingerprint density at radius 2 is 2.17 bits per heavy atom. The van der Waals surface area contributed by atoms with Crippen molar-refractivity contribution in [1.29, 1.82) is 0 Å². The lowest BCUT2D eigenvalue weighted by Gasteiger charge is -2.23. The summed E-state index contributed by atoms with van der Waals surface area (Å²) >= 11 is 0. The second-order valence-electron chi connectivity index (χ2n) is 3.39. The van der Waals surface area contributed by atoms with Gasteiger partial charge in [-0.2, -0.15) is 0 Å². The van der Waals surface area contributed by atoms with E-state index < -0.39 is 0 Å². The minimum absolute atomic E-state index is 1.15. The number of hydrogen-bond acceptors (Lipinski definition) is 1. The zero-order valence-corrected chi connectivity index (χ0v) is 8.21. The van der Waals surface area contributed by atoms with E-state index in [1.165, 1.54) is 25.8 Å². The van der Waals surface area contributed by atoms with E-state index in [2.05, 4.69) is 37.1 Å². The predicted molar refractivity (Wildman–Crippen MR) is 54.0 cm³/mol. The quantitative estimate of drug-likeness (QED) is 0.619. The zero-order chi connectivity index (χ0) is 8.81. The molecule has 0 spiro atoms. The fourth-order valence-corrected chi connectivity index (χ4v) is 1.59. The van der Waals surface area contributed by atoms with Crippen LogP contribution in [0.25, 0.3) is 0 Å². The molecular weight excluding hydrogens is 146 g/mol. The highest BCUT2D eigenvalue weighted by Crippen LogP contribution is 2.12. The first-order valence-electron chi connectivity index (χ1n) is 4.97. The van der Waals surface area contributed by atoms with Gasteiger partial charge in [0.2, 0.25) is 0 Å². The molecule has 0 radical (unpaired) electrons. The average Bonchev–Trinajstić information content (AvgIpc) is 2.06. The van der Waals surface area contributed by atoms with Crippen molar-refractivity contribution < 1.29 is 0 Å². The maximum Gasteiger partial charge on any atom is 0.0386 e. The normalized spacial score (nSPS) is 16.5. The molecule has 0 unspecified atom stereocenters. The summed E-state index contributed by atoms with van der Waals surface area (Å²) in [6.45, 7) is 6.81. The van der Waals surface area contributed by atoms with Gasteiger partial charge < -0.3 is 4.90 Å². The molecular formula is C11H19N. The number of hydrogen-bond donors (Lipinski definition) is 0. The Hall–Kier alpha value is -0.720. The van der Waals surface area contributed by atoms with E-state index in [4.69, 9.17) is 0 Å².